The molecule has 0 aromatic heterocycles. The second kappa shape index (κ2) is 14.6. The summed E-state index contributed by atoms with van der Waals surface area (Å²) in [5, 5.41) is 5.69. The van der Waals surface area contributed by atoms with Crippen LogP contribution in [0.4, 0.5) is 0 Å². The lowest BCUT2D eigenvalue weighted by Gasteiger charge is -2.38. The Morgan fingerprint density at radius 2 is 1.31 bits per heavy atom. The van der Waals surface area contributed by atoms with Crippen molar-refractivity contribution in [3.63, 3.8) is 0 Å². The number of nitrogens with one attached hydrogen (secondary N) is 2. The molecule has 0 saturated carbocycles. The number of hydrogen-bond donors (Lipinski definition) is 2. The molecule has 2 amide bonds. The van der Waals surface area contributed by atoms with Crippen molar-refractivity contribution in [2.24, 2.45) is 0 Å². The van der Waals surface area contributed by atoms with Crippen molar-refractivity contribution in [3.05, 3.63) is 156 Å². The van der Waals surface area contributed by atoms with Crippen LogP contribution in [0.1, 0.15) is 35.6 Å². The average Bonchev–Trinajstić information content (AvgIpc) is 3.77. The number of amides is 2. The zero-order chi connectivity index (χ0) is 31.6. The molecule has 4 atom stereocenters. The standard InChI is InChI=1S/C38H39N3O4/c1-3-26-45-34(42)27-39-36(43)33(25-24-29-16-8-4-9-17-29)40-37(44)35-28(2)41(35)38(30-18-10-5-11-19-30,31-20-12-6-13-21-31)32-22-14-7-15-23-32/h3-23,28,33,35H,1,24-27H2,2H3,(H,39,43)(H,40,44)/t28-,33-,35-,41?/m0/s1. The highest BCUT2D eigenvalue weighted by molar-refractivity contribution is 5.93. The van der Waals surface area contributed by atoms with Gasteiger partial charge in [-0.05, 0) is 42.0 Å². The Labute approximate surface area is 264 Å². The zero-order valence-electron chi connectivity index (χ0n) is 25.5. The number of benzene rings is 4. The van der Waals surface area contributed by atoms with Crippen LogP contribution in [0.3, 0.4) is 0 Å². The summed E-state index contributed by atoms with van der Waals surface area (Å²) in [6.07, 6.45) is 2.41. The lowest BCUT2D eigenvalue weighted by atomic mass is 9.76. The molecular formula is C38H39N3O4. The third-order valence-electron chi connectivity index (χ3n) is 8.30. The Balaban J connectivity index is 1.44. The van der Waals surface area contributed by atoms with Gasteiger partial charge in [-0.15, -0.1) is 0 Å². The SMILES string of the molecule is C=CCOC(=O)CNC(=O)[C@H](CCc1ccccc1)NC(=O)[C@@H]1[C@H](C)N1C(c1ccccc1)(c1ccccc1)c1ccccc1. The van der Waals surface area contributed by atoms with Gasteiger partial charge in [0.1, 0.15) is 25.2 Å². The van der Waals surface area contributed by atoms with Crippen LogP contribution in [0, 0.1) is 0 Å². The second-order valence-corrected chi connectivity index (χ2v) is 11.2. The second-order valence-electron chi connectivity index (χ2n) is 11.2. The van der Waals surface area contributed by atoms with Crippen molar-refractivity contribution in [2.75, 3.05) is 13.2 Å². The first kappa shape index (κ1) is 31.4. The summed E-state index contributed by atoms with van der Waals surface area (Å²) in [4.78, 5) is 41.8. The van der Waals surface area contributed by atoms with Crippen LogP contribution in [0.2, 0.25) is 0 Å². The quantitative estimate of drug-likeness (QED) is 0.0918. The van der Waals surface area contributed by atoms with Gasteiger partial charge in [0.15, 0.2) is 0 Å². The molecule has 1 saturated heterocycles. The number of esters is 1. The number of carbonyl (C=O) groups is 3. The Bertz CT molecular complexity index is 1480. The molecule has 4 aromatic rings. The lowest BCUT2D eigenvalue weighted by Crippen LogP contribution is -2.50. The molecule has 7 heteroatoms. The first-order chi connectivity index (χ1) is 22.0. The van der Waals surface area contributed by atoms with Crippen molar-refractivity contribution in [1.29, 1.82) is 0 Å². The summed E-state index contributed by atoms with van der Waals surface area (Å²) in [7, 11) is 0. The van der Waals surface area contributed by atoms with Crippen molar-refractivity contribution in [1.82, 2.24) is 15.5 Å². The topological polar surface area (TPSA) is 87.5 Å². The van der Waals surface area contributed by atoms with Crippen LogP contribution < -0.4 is 10.6 Å². The molecule has 1 fully saturated rings. The first-order valence-corrected chi connectivity index (χ1v) is 15.3. The molecule has 1 aliphatic rings. The zero-order valence-corrected chi connectivity index (χ0v) is 25.5. The minimum atomic E-state index is -0.848. The molecule has 0 bridgehead atoms. The lowest BCUT2D eigenvalue weighted by molar-refractivity contribution is -0.143. The van der Waals surface area contributed by atoms with Crippen LogP contribution in [0.5, 0.6) is 0 Å². The van der Waals surface area contributed by atoms with Gasteiger partial charge >= 0.3 is 5.97 Å². The fourth-order valence-electron chi connectivity index (χ4n) is 6.16. The molecule has 1 heterocycles. The van der Waals surface area contributed by atoms with Crippen LogP contribution in [-0.2, 0) is 31.1 Å². The van der Waals surface area contributed by atoms with E-state index in [0.717, 1.165) is 22.3 Å². The van der Waals surface area contributed by atoms with Gasteiger partial charge in [-0.1, -0.05) is 134 Å². The molecule has 0 spiro atoms. The summed E-state index contributed by atoms with van der Waals surface area (Å²) in [6.45, 7) is 5.34. The average molecular weight is 602 g/mol. The molecule has 230 valence electrons. The van der Waals surface area contributed by atoms with E-state index in [1.54, 1.807) is 0 Å². The molecular weight excluding hydrogens is 562 g/mol. The third-order valence-corrected chi connectivity index (χ3v) is 8.30. The Morgan fingerprint density at radius 1 is 0.822 bits per heavy atom. The van der Waals surface area contributed by atoms with Crippen molar-refractivity contribution < 1.29 is 19.1 Å². The van der Waals surface area contributed by atoms with Crippen LogP contribution in [-0.4, -0.2) is 54.0 Å². The predicted octanol–water partition coefficient (Wildman–Crippen LogP) is 5.01. The summed E-state index contributed by atoms with van der Waals surface area (Å²) in [5.74, 6) is -1.25. The van der Waals surface area contributed by atoms with E-state index in [9.17, 15) is 14.4 Å². The molecule has 5 rings (SSSR count). The molecule has 0 radical (unpaired) electrons. The van der Waals surface area contributed by atoms with Crippen LogP contribution >= 0.6 is 0 Å². The summed E-state index contributed by atoms with van der Waals surface area (Å²) in [6, 6.07) is 39.0. The van der Waals surface area contributed by atoms with Crippen LogP contribution in [0.25, 0.3) is 0 Å². The van der Waals surface area contributed by atoms with E-state index in [1.165, 1.54) is 6.08 Å². The van der Waals surface area contributed by atoms with Gasteiger partial charge in [-0.2, -0.15) is 0 Å². The van der Waals surface area contributed by atoms with Crippen molar-refractivity contribution >= 4 is 17.8 Å². The molecule has 45 heavy (non-hydrogen) atoms. The predicted molar refractivity (Wildman–Crippen MR) is 175 cm³/mol. The molecule has 1 unspecified atom stereocenters. The fourth-order valence-corrected chi connectivity index (χ4v) is 6.16. The number of hydrogen-bond acceptors (Lipinski definition) is 5. The molecule has 1 aliphatic heterocycles. The normalized spacial score (nSPS) is 17.8. The van der Waals surface area contributed by atoms with Gasteiger partial charge in [-0.25, -0.2) is 0 Å². The van der Waals surface area contributed by atoms with Crippen molar-refractivity contribution in [3.8, 4) is 0 Å². The first-order valence-electron chi connectivity index (χ1n) is 15.3. The third kappa shape index (κ3) is 7.05. The molecule has 4 aromatic carbocycles. The highest BCUT2D eigenvalue weighted by atomic mass is 16.5. The fraction of sp³-hybridized carbons (Fsp3) is 0.237. The summed E-state index contributed by atoms with van der Waals surface area (Å²) < 4.78 is 5.01. The van der Waals surface area contributed by atoms with Gasteiger partial charge < -0.3 is 15.4 Å². The van der Waals surface area contributed by atoms with E-state index >= 15 is 0 Å². The highest BCUT2D eigenvalue weighted by Crippen LogP contribution is 2.51. The largest absolute Gasteiger partial charge is 0.460 e. The van der Waals surface area contributed by atoms with Gasteiger partial charge in [-0.3, -0.25) is 19.3 Å². The summed E-state index contributed by atoms with van der Waals surface area (Å²) >= 11 is 0. The maximum absolute atomic E-state index is 14.1. The molecule has 2 N–H and O–H groups in total. The van der Waals surface area contributed by atoms with E-state index in [1.807, 2.05) is 91.9 Å². The maximum Gasteiger partial charge on any atom is 0.325 e. The number of ether oxygens (including phenoxy) is 1. The van der Waals surface area contributed by atoms with Gasteiger partial charge in [0, 0.05) is 6.04 Å². The number of aryl methyl sites for hydroxylation is 1. The minimum Gasteiger partial charge on any atom is -0.460 e. The number of nitrogens with zero attached hydrogens (tertiary/aromatic N) is 1. The van der Waals surface area contributed by atoms with Crippen LogP contribution in [0.15, 0.2) is 134 Å². The molecule has 7 nitrogen and oxygen atoms in total. The Morgan fingerprint density at radius 3 is 1.80 bits per heavy atom. The van der Waals surface area contributed by atoms with E-state index in [2.05, 4.69) is 58.5 Å². The van der Waals surface area contributed by atoms with Gasteiger partial charge in [0.05, 0.1) is 5.54 Å². The van der Waals surface area contributed by atoms with E-state index < -0.39 is 29.5 Å². The maximum atomic E-state index is 14.1. The van der Waals surface area contributed by atoms with E-state index in [0.29, 0.717) is 12.8 Å². The van der Waals surface area contributed by atoms with E-state index in [4.69, 9.17) is 4.74 Å². The minimum absolute atomic E-state index is 0.0598. The van der Waals surface area contributed by atoms with Gasteiger partial charge in [0.25, 0.3) is 0 Å². The van der Waals surface area contributed by atoms with E-state index in [-0.39, 0.29) is 25.1 Å². The Hall–Kier alpha value is -5.01. The van der Waals surface area contributed by atoms with Gasteiger partial charge in [0.2, 0.25) is 11.8 Å². The van der Waals surface area contributed by atoms with Crippen molar-refractivity contribution in [2.45, 2.75) is 43.4 Å². The number of rotatable bonds is 14. The molecule has 0 aliphatic carbocycles. The smallest absolute Gasteiger partial charge is 0.325 e. The highest BCUT2D eigenvalue weighted by Gasteiger charge is 2.61. The summed E-state index contributed by atoms with van der Waals surface area (Å²) in [5.41, 5.74) is 3.43. The number of carbonyl (C=O) groups excluding carboxylic acids is 3. The Kier molecular flexibility index (Phi) is 10.2. The monoisotopic (exact) mass is 601 g/mol.